The normalized spacial score (nSPS) is 26.8. The molecule has 1 saturated heterocycles. The van der Waals surface area contributed by atoms with E-state index in [1.54, 1.807) is 7.11 Å². The minimum atomic E-state index is -0.0217. The average Bonchev–Trinajstić information content (AvgIpc) is 2.37. The maximum Gasteiger partial charge on any atom is 0.246 e. The Balaban J connectivity index is 1.97. The lowest BCUT2D eigenvalue weighted by Crippen LogP contribution is -2.49. The molecule has 1 N–H and O–H groups in total. The van der Waals surface area contributed by atoms with E-state index in [9.17, 15) is 4.79 Å². The lowest BCUT2D eigenvalue weighted by Gasteiger charge is -2.37. The van der Waals surface area contributed by atoms with Gasteiger partial charge in [-0.05, 0) is 36.1 Å². The number of aryl methyl sites for hydroxylation is 1. The number of rotatable bonds is 1. The summed E-state index contributed by atoms with van der Waals surface area (Å²) in [7, 11) is 1.66. The Kier molecular flexibility index (Phi) is 2.52. The summed E-state index contributed by atoms with van der Waals surface area (Å²) in [6.45, 7) is 0.151. The molecule has 1 aromatic rings. The van der Waals surface area contributed by atoms with E-state index >= 15 is 0 Å². The van der Waals surface area contributed by atoms with Gasteiger partial charge in [-0.25, -0.2) is 0 Å². The van der Waals surface area contributed by atoms with Gasteiger partial charge in [-0.2, -0.15) is 0 Å². The summed E-state index contributed by atoms with van der Waals surface area (Å²) < 4.78 is 10.9. The van der Waals surface area contributed by atoms with Crippen LogP contribution in [0.4, 0.5) is 0 Å². The van der Waals surface area contributed by atoms with E-state index in [1.165, 1.54) is 5.56 Å². The Bertz CT molecular complexity index is 458. The van der Waals surface area contributed by atoms with Crippen LogP contribution in [-0.2, 0) is 16.0 Å². The molecule has 0 spiro atoms. The first-order chi connectivity index (χ1) is 8.28. The number of hydrogen-bond donors (Lipinski definition) is 1. The number of methoxy groups -OCH3 is 1. The lowest BCUT2D eigenvalue weighted by atomic mass is 9.85. The van der Waals surface area contributed by atoms with E-state index in [1.807, 2.05) is 12.1 Å². The van der Waals surface area contributed by atoms with Crippen LogP contribution in [0.2, 0.25) is 0 Å². The Morgan fingerprint density at radius 2 is 2.35 bits per heavy atom. The van der Waals surface area contributed by atoms with Crippen LogP contribution in [-0.4, -0.2) is 25.7 Å². The summed E-state index contributed by atoms with van der Waals surface area (Å²) in [4.78, 5) is 11.3. The maximum atomic E-state index is 11.3. The number of carbonyl (C=O) groups is 1. The van der Waals surface area contributed by atoms with Crippen molar-refractivity contribution in [3.63, 3.8) is 0 Å². The first-order valence-corrected chi connectivity index (χ1v) is 5.85. The number of carbonyl (C=O) groups excluding carboxylic acids is 1. The Morgan fingerprint density at radius 1 is 1.47 bits per heavy atom. The summed E-state index contributed by atoms with van der Waals surface area (Å²) in [6, 6.07) is 6.19. The Labute approximate surface area is 99.9 Å². The molecule has 4 nitrogen and oxygen atoms in total. The molecular weight excluding hydrogens is 218 g/mol. The van der Waals surface area contributed by atoms with Crippen LogP contribution in [0, 0.1) is 0 Å². The molecule has 1 aromatic carbocycles. The number of amides is 1. The average molecular weight is 233 g/mol. The highest BCUT2D eigenvalue weighted by Gasteiger charge is 2.35. The third-order valence-corrected chi connectivity index (χ3v) is 3.49. The van der Waals surface area contributed by atoms with Crippen molar-refractivity contribution in [2.45, 2.75) is 25.0 Å². The van der Waals surface area contributed by atoms with Gasteiger partial charge in [0.2, 0.25) is 5.91 Å². The molecule has 1 aliphatic heterocycles. The quantitative estimate of drug-likeness (QED) is 0.792. The highest BCUT2D eigenvalue weighted by Crippen LogP contribution is 2.36. The fraction of sp³-hybridized carbons (Fsp3) is 0.462. The van der Waals surface area contributed by atoms with E-state index in [0.717, 1.165) is 24.2 Å². The molecule has 17 heavy (non-hydrogen) atoms. The van der Waals surface area contributed by atoms with Gasteiger partial charge in [0.15, 0.2) is 0 Å². The molecule has 0 radical (unpaired) electrons. The Morgan fingerprint density at radius 3 is 3.18 bits per heavy atom. The van der Waals surface area contributed by atoms with Crippen LogP contribution in [0.5, 0.6) is 5.75 Å². The smallest absolute Gasteiger partial charge is 0.246 e. The van der Waals surface area contributed by atoms with Gasteiger partial charge in [-0.1, -0.05) is 6.07 Å². The van der Waals surface area contributed by atoms with Crippen molar-refractivity contribution < 1.29 is 14.3 Å². The molecule has 90 valence electrons. The van der Waals surface area contributed by atoms with Gasteiger partial charge < -0.3 is 14.8 Å². The van der Waals surface area contributed by atoms with Crippen molar-refractivity contribution in [2.75, 3.05) is 13.7 Å². The second kappa shape index (κ2) is 4.04. The minimum absolute atomic E-state index is 0.0161. The predicted molar refractivity (Wildman–Crippen MR) is 61.9 cm³/mol. The molecule has 0 unspecified atom stereocenters. The molecule has 1 fully saturated rings. The highest BCUT2D eigenvalue weighted by atomic mass is 16.5. The van der Waals surface area contributed by atoms with E-state index in [2.05, 4.69) is 11.4 Å². The van der Waals surface area contributed by atoms with Gasteiger partial charge in [0.25, 0.3) is 0 Å². The Hall–Kier alpha value is -1.55. The zero-order valence-electron chi connectivity index (χ0n) is 9.73. The van der Waals surface area contributed by atoms with Crippen molar-refractivity contribution in [2.24, 2.45) is 0 Å². The molecule has 4 heteroatoms. The van der Waals surface area contributed by atoms with Gasteiger partial charge >= 0.3 is 0 Å². The number of morpholine rings is 1. The molecule has 2 atom stereocenters. The summed E-state index contributed by atoms with van der Waals surface area (Å²) in [5.74, 6) is 0.822. The van der Waals surface area contributed by atoms with Gasteiger partial charge in [0, 0.05) is 0 Å². The zero-order chi connectivity index (χ0) is 11.8. The summed E-state index contributed by atoms with van der Waals surface area (Å²) in [6.07, 6.45) is 1.89. The molecule has 0 saturated carbocycles. The second-order valence-corrected chi connectivity index (χ2v) is 4.51. The standard InChI is InChI=1S/C13H15NO3/c1-16-9-4-2-8-3-5-11-13(10(8)6-9)17-7-12(15)14-11/h2,4,6,11,13H,3,5,7H2,1H3,(H,14,15)/t11-,13+/m1/s1. The topological polar surface area (TPSA) is 47.6 Å². The largest absolute Gasteiger partial charge is 0.497 e. The minimum Gasteiger partial charge on any atom is -0.497 e. The molecule has 1 amide bonds. The molecule has 0 aromatic heterocycles. The molecule has 2 aliphatic rings. The van der Waals surface area contributed by atoms with Crippen LogP contribution in [0.15, 0.2) is 18.2 Å². The summed E-state index contributed by atoms with van der Waals surface area (Å²) in [5, 5.41) is 2.99. The molecule has 3 rings (SSSR count). The number of nitrogens with one attached hydrogen (secondary N) is 1. The predicted octanol–water partition coefficient (Wildman–Crippen LogP) is 1.20. The highest BCUT2D eigenvalue weighted by molar-refractivity contribution is 5.78. The SMILES string of the molecule is COc1ccc2c(c1)[C@@H]1OCC(=O)N[C@@H]1CC2. The van der Waals surface area contributed by atoms with Crippen molar-refractivity contribution in [3.8, 4) is 5.75 Å². The molecule has 1 aliphatic carbocycles. The number of hydrogen-bond acceptors (Lipinski definition) is 3. The zero-order valence-corrected chi connectivity index (χ0v) is 9.73. The second-order valence-electron chi connectivity index (χ2n) is 4.51. The van der Waals surface area contributed by atoms with Crippen LogP contribution < -0.4 is 10.1 Å². The van der Waals surface area contributed by atoms with E-state index in [-0.39, 0.29) is 24.7 Å². The number of ether oxygens (including phenoxy) is 2. The first kappa shape index (κ1) is 10.6. The first-order valence-electron chi connectivity index (χ1n) is 5.85. The fourth-order valence-corrected chi connectivity index (χ4v) is 2.64. The maximum absolute atomic E-state index is 11.3. The monoisotopic (exact) mass is 233 g/mol. The van der Waals surface area contributed by atoms with Crippen LogP contribution in [0.3, 0.4) is 0 Å². The van der Waals surface area contributed by atoms with Gasteiger partial charge in [0.05, 0.1) is 13.2 Å². The van der Waals surface area contributed by atoms with Crippen molar-refractivity contribution in [1.29, 1.82) is 0 Å². The van der Waals surface area contributed by atoms with Gasteiger partial charge in [0.1, 0.15) is 18.5 Å². The lowest BCUT2D eigenvalue weighted by molar-refractivity contribution is -0.137. The van der Waals surface area contributed by atoms with Crippen LogP contribution in [0.1, 0.15) is 23.7 Å². The fourth-order valence-electron chi connectivity index (χ4n) is 2.64. The van der Waals surface area contributed by atoms with Crippen LogP contribution >= 0.6 is 0 Å². The van der Waals surface area contributed by atoms with E-state index in [4.69, 9.17) is 9.47 Å². The van der Waals surface area contributed by atoms with Gasteiger partial charge in [-0.15, -0.1) is 0 Å². The summed E-state index contributed by atoms with van der Waals surface area (Å²) in [5.41, 5.74) is 2.45. The molecular formula is C13H15NO3. The third kappa shape index (κ3) is 1.78. The van der Waals surface area contributed by atoms with E-state index in [0.29, 0.717) is 0 Å². The van der Waals surface area contributed by atoms with Crippen LogP contribution in [0.25, 0.3) is 0 Å². The number of fused-ring (bicyclic) bond motifs is 3. The number of benzene rings is 1. The molecule has 0 bridgehead atoms. The van der Waals surface area contributed by atoms with E-state index < -0.39 is 0 Å². The van der Waals surface area contributed by atoms with Gasteiger partial charge in [-0.3, -0.25) is 4.79 Å². The third-order valence-electron chi connectivity index (χ3n) is 3.49. The van der Waals surface area contributed by atoms with Crippen molar-refractivity contribution >= 4 is 5.91 Å². The van der Waals surface area contributed by atoms with Crippen molar-refractivity contribution in [1.82, 2.24) is 5.32 Å². The summed E-state index contributed by atoms with van der Waals surface area (Å²) >= 11 is 0. The molecule has 1 heterocycles. The van der Waals surface area contributed by atoms with Crippen molar-refractivity contribution in [3.05, 3.63) is 29.3 Å².